The number of benzene rings is 1. The highest BCUT2D eigenvalue weighted by atomic mass is 32.1. The number of rotatable bonds is 3. The fourth-order valence-corrected chi connectivity index (χ4v) is 2.10. The Labute approximate surface area is 123 Å². The molecule has 1 aromatic heterocycles. The van der Waals surface area contributed by atoms with Crippen molar-refractivity contribution in [2.45, 2.75) is 6.92 Å². The number of aromatic nitrogens is 1. The van der Waals surface area contributed by atoms with Crippen LogP contribution in [0.15, 0.2) is 29.6 Å². The van der Waals surface area contributed by atoms with Gasteiger partial charge in [-0.15, -0.1) is 11.3 Å². The molecule has 0 aliphatic heterocycles. The highest BCUT2D eigenvalue weighted by Gasteiger charge is 2.16. The Balaban J connectivity index is 1.97. The van der Waals surface area contributed by atoms with Crippen LogP contribution in [0.4, 0.5) is 16.5 Å². The number of hydrogen-bond acceptors (Lipinski definition) is 6. The molecule has 1 aromatic carbocycles. The quantitative estimate of drug-likeness (QED) is 0.511. The molecule has 0 atom stereocenters. The summed E-state index contributed by atoms with van der Waals surface area (Å²) in [5.41, 5.74) is 0.929. The van der Waals surface area contributed by atoms with Crippen LogP contribution in [0.5, 0.6) is 0 Å². The fourth-order valence-electron chi connectivity index (χ4n) is 1.42. The standard InChI is InChI=1S/C12H10N4O4S/c1-7-6-21-12(13-7)15-11(18)10(17)14-8-2-4-9(5-3-8)16(19)20/h2-6H,1H3,(H,14,17)(H,13,15,18). The van der Waals surface area contributed by atoms with Crippen molar-refractivity contribution in [3.8, 4) is 0 Å². The lowest BCUT2D eigenvalue weighted by atomic mass is 10.3. The Morgan fingerprint density at radius 1 is 1.19 bits per heavy atom. The van der Waals surface area contributed by atoms with E-state index in [1.165, 1.54) is 35.6 Å². The molecule has 0 radical (unpaired) electrons. The largest absolute Gasteiger partial charge is 0.318 e. The van der Waals surface area contributed by atoms with E-state index >= 15 is 0 Å². The highest BCUT2D eigenvalue weighted by Crippen LogP contribution is 2.16. The minimum absolute atomic E-state index is 0.101. The number of anilines is 2. The molecule has 2 N–H and O–H groups in total. The summed E-state index contributed by atoms with van der Waals surface area (Å²) in [6.07, 6.45) is 0. The Morgan fingerprint density at radius 2 is 1.81 bits per heavy atom. The molecule has 0 aliphatic rings. The third-order valence-electron chi connectivity index (χ3n) is 2.38. The van der Waals surface area contributed by atoms with E-state index in [1.807, 2.05) is 0 Å². The van der Waals surface area contributed by atoms with Gasteiger partial charge < -0.3 is 5.32 Å². The summed E-state index contributed by atoms with van der Waals surface area (Å²) in [5, 5.41) is 17.3. The maximum absolute atomic E-state index is 11.7. The van der Waals surface area contributed by atoms with Crippen LogP contribution in [0.25, 0.3) is 0 Å². The van der Waals surface area contributed by atoms with Crippen LogP contribution in [-0.2, 0) is 9.59 Å². The van der Waals surface area contributed by atoms with E-state index in [9.17, 15) is 19.7 Å². The lowest BCUT2D eigenvalue weighted by molar-refractivity contribution is -0.384. The van der Waals surface area contributed by atoms with Gasteiger partial charge >= 0.3 is 11.8 Å². The molecule has 0 fully saturated rings. The van der Waals surface area contributed by atoms with Gasteiger partial charge in [0.15, 0.2) is 5.13 Å². The molecule has 1 heterocycles. The minimum atomic E-state index is -0.878. The molecule has 21 heavy (non-hydrogen) atoms. The Morgan fingerprint density at radius 3 is 2.33 bits per heavy atom. The van der Waals surface area contributed by atoms with Crippen LogP contribution in [0, 0.1) is 17.0 Å². The van der Waals surface area contributed by atoms with Crippen LogP contribution in [0.3, 0.4) is 0 Å². The summed E-state index contributed by atoms with van der Waals surface area (Å²) in [7, 11) is 0. The number of carbonyl (C=O) groups is 2. The van der Waals surface area contributed by atoms with Crippen molar-refractivity contribution < 1.29 is 14.5 Å². The molecule has 9 heteroatoms. The molecule has 0 saturated heterocycles. The number of nitro benzene ring substituents is 1. The summed E-state index contributed by atoms with van der Waals surface area (Å²) in [5.74, 6) is -1.74. The zero-order valence-electron chi connectivity index (χ0n) is 10.8. The zero-order valence-corrected chi connectivity index (χ0v) is 11.6. The van der Waals surface area contributed by atoms with Gasteiger partial charge in [0.05, 0.1) is 10.6 Å². The predicted molar refractivity (Wildman–Crippen MR) is 77.2 cm³/mol. The number of thiazole rings is 1. The number of non-ortho nitro benzene ring substituents is 1. The van der Waals surface area contributed by atoms with Crippen molar-refractivity contribution in [1.29, 1.82) is 0 Å². The first-order chi connectivity index (χ1) is 9.95. The van der Waals surface area contributed by atoms with Gasteiger partial charge in [-0.25, -0.2) is 4.98 Å². The molecule has 8 nitrogen and oxygen atoms in total. The number of nitrogens with one attached hydrogen (secondary N) is 2. The minimum Gasteiger partial charge on any atom is -0.318 e. The van der Waals surface area contributed by atoms with Gasteiger partial charge in [0.25, 0.3) is 5.69 Å². The molecule has 0 saturated carbocycles. The van der Waals surface area contributed by atoms with Crippen molar-refractivity contribution >= 4 is 39.7 Å². The number of aryl methyl sites for hydroxylation is 1. The summed E-state index contributed by atoms with van der Waals surface area (Å²) >= 11 is 1.21. The molecule has 0 bridgehead atoms. The number of hydrogen-bond donors (Lipinski definition) is 2. The van der Waals surface area contributed by atoms with Crippen molar-refractivity contribution in [3.05, 3.63) is 45.5 Å². The third-order valence-corrected chi connectivity index (χ3v) is 3.26. The summed E-state index contributed by atoms with van der Waals surface area (Å²) < 4.78 is 0. The molecule has 2 aromatic rings. The zero-order chi connectivity index (χ0) is 15.4. The number of nitrogens with zero attached hydrogens (tertiary/aromatic N) is 2. The van der Waals surface area contributed by atoms with E-state index < -0.39 is 16.7 Å². The molecular weight excluding hydrogens is 296 g/mol. The second-order valence-corrected chi connectivity index (χ2v) is 4.86. The van der Waals surface area contributed by atoms with E-state index in [2.05, 4.69) is 15.6 Å². The first kappa shape index (κ1) is 14.6. The molecule has 108 valence electrons. The third kappa shape index (κ3) is 3.83. The lowest BCUT2D eigenvalue weighted by Crippen LogP contribution is -2.29. The Hall–Kier alpha value is -2.81. The van der Waals surface area contributed by atoms with Crippen LogP contribution >= 0.6 is 11.3 Å². The van der Waals surface area contributed by atoms with Gasteiger partial charge in [0.1, 0.15) is 0 Å². The highest BCUT2D eigenvalue weighted by molar-refractivity contribution is 7.14. The molecule has 0 unspecified atom stereocenters. The maximum Gasteiger partial charge on any atom is 0.315 e. The smallest absolute Gasteiger partial charge is 0.315 e. The first-order valence-electron chi connectivity index (χ1n) is 5.74. The average Bonchev–Trinajstić information content (AvgIpc) is 2.84. The topological polar surface area (TPSA) is 114 Å². The van der Waals surface area contributed by atoms with Crippen molar-refractivity contribution in [1.82, 2.24) is 4.98 Å². The monoisotopic (exact) mass is 306 g/mol. The first-order valence-corrected chi connectivity index (χ1v) is 6.62. The maximum atomic E-state index is 11.7. The van der Waals surface area contributed by atoms with Crippen LogP contribution in [0.1, 0.15) is 5.69 Å². The van der Waals surface area contributed by atoms with Gasteiger partial charge in [0.2, 0.25) is 0 Å². The Bertz CT molecular complexity index is 696. The average molecular weight is 306 g/mol. The van der Waals surface area contributed by atoms with Crippen LogP contribution in [-0.4, -0.2) is 21.7 Å². The summed E-state index contributed by atoms with van der Waals surface area (Å²) in [6.45, 7) is 1.77. The molecule has 2 amide bonds. The van der Waals surface area contributed by atoms with E-state index in [1.54, 1.807) is 12.3 Å². The van der Waals surface area contributed by atoms with Gasteiger partial charge in [0, 0.05) is 23.2 Å². The Kier molecular flexibility index (Phi) is 4.24. The fraction of sp³-hybridized carbons (Fsp3) is 0.0833. The SMILES string of the molecule is Cc1csc(NC(=O)C(=O)Nc2ccc([N+](=O)[O-])cc2)n1. The molecular formula is C12H10N4O4S. The molecule has 2 rings (SSSR count). The van der Waals surface area contributed by atoms with Crippen LogP contribution < -0.4 is 10.6 Å². The molecule has 0 aliphatic carbocycles. The van der Waals surface area contributed by atoms with Gasteiger partial charge in [-0.3, -0.25) is 25.0 Å². The van der Waals surface area contributed by atoms with Crippen molar-refractivity contribution in [2.24, 2.45) is 0 Å². The second-order valence-electron chi connectivity index (χ2n) is 4.01. The van der Waals surface area contributed by atoms with E-state index in [0.29, 0.717) is 5.13 Å². The normalized spacial score (nSPS) is 9.95. The summed E-state index contributed by atoms with van der Waals surface area (Å²) in [6, 6.07) is 5.16. The second kappa shape index (κ2) is 6.09. The van der Waals surface area contributed by atoms with E-state index in [4.69, 9.17) is 0 Å². The van der Waals surface area contributed by atoms with E-state index in [-0.39, 0.29) is 11.4 Å². The van der Waals surface area contributed by atoms with Crippen molar-refractivity contribution in [2.75, 3.05) is 10.6 Å². The van der Waals surface area contributed by atoms with Crippen molar-refractivity contribution in [3.63, 3.8) is 0 Å². The van der Waals surface area contributed by atoms with E-state index in [0.717, 1.165) is 5.69 Å². The lowest BCUT2D eigenvalue weighted by Gasteiger charge is -2.04. The predicted octanol–water partition coefficient (Wildman–Crippen LogP) is 1.94. The number of nitro groups is 1. The van der Waals surface area contributed by atoms with Crippen LogP contribution in [0.2, 0.25) is 0 Å². The molecule has 0 spiro atoms. The number of carbonyl (C=O) groups excluding carboxylic acids is 2. The number of amides is 2. The van der Waals surface area contributed by atoms with Gasteiger partial charge in [-0.05, 0) is 19.1 Å². The van der Waals surface area contributed by atoms with Gasteiger partial charge in [-0.2, -0.15) is 0 Å². The van der Waals surface area contributed by atoms with Gasteiger partial charge in [-0.1, -0.05) is 0 Å². The summed E-state index contributed by atoms with van der Waals surface area (Å²) in [4.78, 5) is 37.2.